The van der Waals surface area contributed by atoms with Gasteiger partial charge in [0.25, 0.3) is 5.91 Å². The molecule has 0 unspecified atom stereocenters. The van der Waals surface area contributed by atoms with E-state index in [4.69, 9.17) is 21.1 Å². The fraction of sp³-hybridized carbons (Fsp3) is 0.318. The molecule has 0 aromatic heterocycles. The highest BCUT2D eigenvalue weighted by Crippen LogP contribution is 2.25. The second-order valence-corrected chi connectivity index (χ2v) is 8.28. The van der Waals surface area contributed by atoms with Crippen molar-refractivity contribution in [2.24, 2.45) is 5.92 Å². The maximum absolute atomic E-state index is 12.6. The maximum Gasteiger partial charge on any atom is 0.309 e. The fourth-order valence-corrected chi connectivity index (χ4v) is 3.79. The number of nitrogens with zero attached hydrogens (tertiary/aromatic N) is 1. The van der Waals surface area contributed by atoms with Crippen LogP contribution in [-0.4, -0.2) is 49.4 Å². The highest BCUT2D eigenvalue weighted by atomic mass is 79.9. The Hall–Kier alpha value is -2.38. The molecular weight excluding hydrogens is 474 g/mol. The zero-order valence-electron chi connectivity index (χ0n) is 16.4. The summed E-state index contributed by atoms with van der Waals surface area (Å²) in [6, 6.07) is 11.8. The number of ether oxygens (including phenoxy) is 2. The smallest absolute Gasteiger partial charge is 0.309 e. The number of benzene rings is 2. The van der Waals surface area contributed by atoms with E-state index in [1.807, 2.05) is 12.1 Å². The summed E-state index contributed by atoms with van der Waals surface area (Å²) in [5.74, 6) is -0.670. The number of methoxy groups -OCH3 is 1. The van der Waals surface area contributed by atoms with Gasteiger partial charge in [-0.25, -0.2) is 0 Å². The molecule has 6 nitrogen and oxygen atoms in total. The first kappa shape index (κ1) is 22.3. The largest absolute Gasteiger partial charge is 0.495 e. The number of amides is 1. The van der Waals surface area contributed by atoms with Crippen molar-refractivity contribution < 1.29 is 23.9 Å². The van der Waals surface area contributed by atoms with E-state index in [1.54, 1.807) is 29.2 Å². The summed E-state index contributed by atoms with van der Waals surface area (Å²) >= 11 is 9.38. The van der Waals surface area contributed by atoms with Crippen molar-refractivity contribution in [3.63, 3.8) is 0 Å². The summed E-state index contributed by atoms with van der Waals surface area (Å²) in [5, 5.41) is 0.317. The topological polar surface area (TPSA) is 72.9 Å². The van der Waals surface area contributed by atoms with Gasteiger partial charge in [0.1, 0.15) is 5.75 Å². The molecule has 1 aliphatic rings. The summed E-state index contributed by atoms with van der Waals surface area (Å²) in [4.78, 5) is 38.9. The van der Waals surface area contributed by atoms with Crippen molar-refractivity contribution in [3.8, 4) is 5.75 Å². The van der Waals surface area contributed by atoms with Gasteiger partial charge >= 0.3 is 5.97 Å². The number of hydrogen-bond acceptors (Lipinski definition) is 5. The highest BCUT2D eigenvalue weighted by Gasteiger charge is 2.29. The van der Waals surface area contributed by atoms with Crippen LogP contribution in [0.5, 0.6) is 5.75 Å². The molecule has 1 saturated heterocycles. The number of piperidine rings is 1. The molecule has 2 aromatic rings. The second-order valence-electron chi connectivity index (χ2n) is 6.95. The van der Waals surface area contributed by atoms with Crippen LogP contribution < -0.4 is 4.74 Å². The van der Waals surface area contributed by atoms with Gasteiger partial charge in [0.05, 0.1) is 18.1 Å². The van der Waals surface area contributed by atoms with Crippen LogP contribution in [0.1, 0.15) is 33.6 Å². The normalized spacial score (nSPS) is 14.3. The van der Waals surface area contributed by atoms with E-state index in [1.165, 1.54) is 13.2 Å². The first-order valence-electron chi connectivity index (χ1n) is 9.47. The molecule has 3 rings (SSSR count). The number of Topliss-reactive ketones (excluding diaryl/α,β-unsaturated/α-hetero) is 1. The van der Waals surface area contributed by atoms with Gasteiger partial charge in [0.2, 0.25) is 0 Å². The predicted molar refractivity (Wildman–Crippen MR) is 116 cm³/mol. The van der Waals surface area contributed by atoms with E-state index in [0.29, 0.717) is 47.8 Å². The van der Waals surface area contributed by atoms with Crippen molar-refractivity contribution in [1.82, 2.24) is 4.90 Å². The Morgan fingerprint density at radius 2 is 1.70 bits per heavy atom. The zero-order valence-corrected chi connectivity index (χ0v) is 18.7. The molecule has 0 radical (unpaired) electrons. The minimum atomic E-state index is -0.418. The number of carbonyl (C=O) groups excluding carboxylic acids is 3. The van der Waals surface area contributed by atoms with Gasteiger partial charge in [-0.1, -0.05) is 27.5 Å². The van der Waals surface area contributed by atoms with E-state index < -0.39 is 5.97 Å². The molecule has 0 saturated carbocycles. The number of halogens is 2. The van der Waals surface area contributed by atoms with E-state index in [-0.39, 0.29) is 24.2 Å². The summed E-state index contributed by atoms with van der Waals surface area (Å²) in [7, 11) is 1.49. The van der Waals surface area contributed by atoms with Crippen LogP contribution >= 0.6 is 27.5 Å². The number of hydrogen-bond donors (Lipinski definition) is 0. The van der Waals surface area contributed by atoms with Gasteiger partial charge in [-0.15, -0.1) is 0 Å². The quantitative estimate of drug-likeness (QED) is 0.440. The lowest BCUT2D eigenvalue weighted by Crippen LogP contribution is -2.40. The standard InChI is InChI=1S/C22H21BrClNO5/c1-29-20-7-4-16(12-18(20)24)19(26)13-30-22(28)15-8-10-25(11-9-15)21(27)14-2-5-17(23)6-3-14/h2-7,12,15H,8-11,13H2,1H3. The van der Waals surface area contributed by atoms with Crippen LogP contribution in [0.25, 0.3) is 0 Å². The van der Waals surface area contributed by atoms with E-state index in [2.05, 4.69) is 15.9 Å². The van der Waals surface area contributed by atoms with Crippen LogP contribution in [0.3, 0.4) is 0 Å². The SMILES string of the molecule is COc1ccc(C(=O)COC(=O)C2CCN(C(=O)c3ccc(Br)cc3)CC2)cc1Cl. The third-order valence-corrected chi connectivity index (χ3v) is 5.85. The molecule has 1 fully saturated rings. The molecule has 2 aromatic carbocycles. The predicted octanol–water partition coefficient (Wildman–Crippen LogP) is 4.39. The number of likely N-dealkylation sites (tertiary alicyclic amines) is 1. The van der Waals surface area contributed by atoms with Crippen molar-refractivity contribution in [1.29, 1.82) is 0 Å². The van der Waals surface area contributed by atoms with Crippen LogP contribution in [0.4, 0.5) is 0 Å². The summed E-state index contributed by atoms with van der Waals surface area (Å²) in [6.45, 7) is 0.590. The van der Waals surface area contributed by atoms with Crippen LogP contribution in [0, 0.1) is 5.92 Å². The lowest BCUT2D eigenvalue weighted by Gasteiger charge is -2.31. The molecular formula is C22H21BrClNO5. The molecule has 0 atom stereocenters. The third-order valence-electron chi connectivity index (χ3n) is 5.03. The summed E-state index contributed by atoms with van der Waals surface area (Å²) < 4.78 is 11.2. The Labute approximate surface area is 188 Å². The number of ketones is 1. The molecule has 1 aliphatic heterocycles. The van der Waals surface area contributed by atoms with Gasteiger partial charge < -0.3 is 14.4 Å². The first-order chi connectivity index (χ1) is 14.4. The van der Waals surface area contributed by atoms with Gasteiger partial charge in [-0.3, -0.25) is 14.4 Å². The van der Waals surface area contributed by atoms with Gasteiger partial charge in [0.15, 0.2) is 12.4 Å². The molecule has 158 valence electrons. The van der Waals surface area contributed by atoms with Crippen LogP contribution in [0.2, 0.25) is 5.02 Å². The van der Waals surface area contributed by atoms with Crippen LogP contribution in [0.15, 0.2) is 46.9 Å². The third kappa shape index (κ3) is 5.40. The molecule has 1 heterocycles. The van der Waals surface area contributed by atoms with Gasteiger partial charge in [-0.05, 0) is 55.3 Å². The number of rotatable bonds is 6. The zero-order chi connectivity index (χ0) is 21.7. The van der Waals surface area contributed by atoms with Crippen LogP contribution in [-0.2, 0) is 9.53 Å². The highest BCUT2D eigenvalue weighted by molar-refractivity contribution is 9.10. The van der Waals surface area contributed by atoms with Crippen molar-refractivity contribution in [3.05, 3.63) is 63.1 Å². The van der Waals surface area contributed by atoms with Crippen molar-refractivity contribution >= 4 is 45.2 Å². The Kier molecular flexibility index (Phi) is 7.50. The van der Waals surface area contributed by atoms with Crippen molar-refractivity contribution in [2.45, 2.75) is 12.8 Å². The lowest BCUT2D eigenvalue weighted by molar-refractivity contribution is -0.148. The summed E-state index contributed by atoms with van der Waals surface area (Å²) in [5.41, 5.74) is 0.964. The van der Waals surface area contributed by atoms with Gasteiger partial charge in [-0.2, -0.15) is 0 Å². The monoisotopic (exact) mass is 493 g/mol. The molecule has 30 heavy (non-hydrogen) atoms. The average molecular weight is 495 g/mol. The lowest BCUT2D eigenvalue weighted by atomic mass is 9.96. The summed E-state index contributed by atoms with van der Waals surface area (Å²) in [6.07, 6.45) is 1.01. The minimum Gasteiger partial charge on any atom is -0.495 e. The van der Waals surface area contributed by atoms with E-state index in [9.17, 15) is 14.4 Å². The first-order valence-corrected chi connectivity index (χ1v) is 10.6. The maximum atomic E-state index is 12.6. The van der Waals surface area contributed by atoms with E-state index >= 15 is 0 Å². The van der Waals surface area contributed by atoms with E-state index in [0.717, 1.165) is 4.47 Å². The van der Waals surface area contributed by atoms with Crippen molar-refractivity contribution in [2.75, 3.05) is 26.8 Å². The molecule has 8 heteroatoms. The molecule has 0 aliphatic carbocycles. The Morgan fingerprint density at radius 3 is 2.30 bits per heavy atom. The van der Waals surface area contributed by atoms with Gasteiger partial charge in [0, 0.05) is 28.7 Å². The second kappa shape index (κ2) is 10.1. The fourth-order valence-electron chi connectivity index (χ4n) is 3.27. The number of esters is 1. The molecule has 0 bridgehead atoms. The Morgan fingerprint density at radius 1 is 1.07 bits per heavy atom. The Balaban J connectivity index is 1.48. The Bertz CT molecular complexity index is 939. The molecule has 0 spiro atoms. The molecule has 0 N–H and O–H groups in total. The molecule has 1 amide bonds. The minimum absolute atomic E-state index is 0.0547. The number of carbonyl (C=O) groups is 3. The average Bonchev–Trinajstić information content (AvgIpc) is 2.77.